The highest BCUT2D eigenvalue weighted by molar-refractivity contribution is 7.93. The van der Waals surface area contributed by atoms with E-state index < -0.39 is 9.84 Å². The van der Waals surface area contributed by atoms with Gasteiger partial charge in [-0.3, -0.25) is 4.90 Å². The number of rotatable bonds is 7. The molecule has 0 unspecified atom stereocenters. The van der Waals surface area contributed by atoms with Gasteiger partial charge in [0.2, 0.25) is 0 Å². The quantitative estimate of drug-likeness (QED) is 0.415. The first kappa shape index (κ1) is 22.9. The Labute approximate surface area is 199 Å². The van der Waals surface area contributed by atoms with Gasteiger partial charge in [-0.25, -0.2) is 8.42 Å². The maximum Gasteiger partial charge on any atom is 0.175 e. The second-order valence-corrected chi connectivity index (χ2v) is 10.6. The number of nitrogens with zero attached hydrogens (tertiary/aromatic N) is 1. The summed E-state index contributed by atoms with van der Waals surface area (Å²) in [7, 11) is -1.79. The molecule has 1 fully saturated rings. The van der Waals surface area contributed by atoms with E-state index >= 15 is 0 Å². The molecule has 1 heterocycles. The summed E-state index contributed by atoms with van der Waals surface area (Å²) in [4.78, 5) is 2.24. The largest absolute Gasteiger partial charge is 0.497 e. The molecule has 1 saturated heterocycles. The van der Waals surface area contributed by atoms with E-state index in [1.54, 1.807) is 31.4 Å². The predicted octanol–water partition coefficient (Wildman–Crippen LogP) is 5.91. The molecule has 0 amide bonds. The SMILES string of the molecule is COc1ccc(CS(=O)(=O)C=C2CN(C(c3ccc(Cl)cc3)c3ccc(Cl)cc3)C2)cc1. The lowest BCUT2D eigenvalue weighted by Crippen LogP contribution is -2.43. The van der Waals surface area contributed by atoms with Gasteiger partial charge in [-0.05, 0) is 58.7 Å². The van der Waals surface area contributed by atoms with E-state index in [0.717, 1.165) is 22.3 Å². The van der Waals surface area contributed by atoms with E-state index in [1.165, 1.54) is 5.41 Å². The molecule has 4 nitrogen and oxygen atoms in total. The van der Waals surface area contributed by atoms with E-state index in [0.29, 0.717) is 28.9 Å². The summed E-state index contributed by atoms with van der Waals surface area (Å²) in [6, 6.07) is 22.6. The highest BCUT2D eigenvalue weighted by Gasteiger charge is 2.31. The van der Waals surface area contributed by atoms with Crippen molar-refractivity contribution in [2.75, 3.05) is 20.2 Å². The molecule has 0 aliphatic carbocycles. The fourth-order valence-electron chi connectivity index (χ4n) is 3.89. The zero-order valence-corrected chi connectivity index (χ0v) is 19.9. The van der Waals surface area contributed by atoms with Crippen LogP contribution in [0.5, 0.6) is 5.75 Å². The van der Waals surface area contributed by atoms with E-state index in [-0.39, 0.29) is 11.8 Å². The van der Waals surface area contributed by atoms with Crippen LogP contribution in [-0.4, -0.2) is 33.5 Å². The Morgan fingerprint density at radius 1 is 0.875 bits per heavy atom. The Bertz CT molecular complexity index is 1150. The molecule has 0 aromatic heterocycles. The minimum Gasteiger partial charge on any atom is -0.497 e. The highest BCUT2D eigenvalue weighted by Crippen LogP contribution is 2.35. The van der Waals surface area contributed by atoms with Crippen LogP contribution < -0.4 is 4.74 Å². The van der Waals surface area contributed by atoms with Crippen LogP contribution in [0.2, 0.25) is 10.0 Å². The van der Waals surface area contributed by atoms with Crippen molar-refractivity contribution < 1.29 is 13.2 Å². The molecule has 3 aromatic carbocycles. The summed E-state index contributed by atoms with van der Waals surface area (Å²) >= 11 is 12.2. The summed E-state index contributed by atoms with van der Waals surface area (Å²) in [6.45, 7) is 1.16. The van der Waals surface area contributed by atoms with E-state index in [9.17, 15) is 8.42 Å². The Balaban J connectivity index is 1.50. The third-order valence-corrected chi connectivity index (χ3v) is 7.35. The van der Waals surface area contributed by atoms with Crippen molar-refractivity contribution in [3.05, 3.63) is 111 Å². The van der Waals surface area contributed by atoms with Gasteiger partial charge in [0.25, 0.3) is 0 Å². The molecule has 1 aliphatic heterocycles. The van der Waals surface area contributed by atoms with Crippen LogP contribution in [0.3, 0.4) is 0 Å². The third kappa shape index (κ3) is 5.54. The van der Waals surface area contributed by atoms with Crippen LogP contribution in [0.15, 0.2) is 83.8 Å². The lowest BCUT2D eigenvalue weighted by Gasteiger charge is -2.41. The molecule has 166 valence electrons. The van der Waals surface area contributed by atoms with Crippen molar-refractivity contribution in [1.29, 1.82) is 0 Å². The van der Waals surface area contributed by atoms with Crippen LogP contribution >= 0.6 is 23.2 Å². The van der Waals surface area contributed by atoms with Crippen LogP contribution in [-0.2, 0) is 15.6 Å². The first-order chi connectivity index (χ1) is 15.3. The normalized spacial score (nSPS) is 14.3. The molecule has 1 aliphatic rings. The van der Waals surface area contributed by atoms with Crippen molar-refractivity contribution in [2.24, 2.45) is 0 Å². The average Bonchev–Trinajstić information content (AvgIpc) is 2.75. The molecule has 3 aromatic rings. The third-order valence-electron chi connectivity index (χ3n) is 5.42. The summed E-state index contributed by atoms with van der Waals surface area (Å²) in [5.41, 5.74) is 3.82. The first-order valence-electron chi connectivity index (χ1n) is 10.1. The molecule has 0 atom stereocenters. The van der Waals surface area contributed by atoms with E-state index in [1.807, 2.05) is 48.5 Å². The van der Waals surface area contributed by atoms with Gasteiger partial charge in [-0.1, -0.05) is 59.6 Å². The molecule has 4 rings (SSSR count). The van der Waals surface area contributed by atoms with Crippen LogP contribution in [0, 0.1) is 0 Å². The van der Waals surface area contributed by atoms with E-state index in [2.05, 4.69) is 4.90 Å². The zero-order chi connectivity index (χ0) is 22.7. The molecule has 7 heteroatoms. The fraction of sp³-hybridized carbons (Fsp3) is 0.200. The van der Waals surface area contributed by atoms with Gasteiger partial charge in [0.15, 0.2) is 9.84 Å². The highest BCUT2D eigenvalue weighted by atomic mass is 35.5. The van der Waals surface area contributed by atoms with Crippen molar-refractivity contribution in [3.63, 3.8) is 0 Å². The van der Waals surface area contributed by atoms with Crippen molar-refractivity contribution in [3.8, 4) is 5.75 Å². The average molecular weight is 488 g/mol. The first-order valence-corrected chi connectivity index (χ1v) is 12.6. The monoisotopic (exact) mass is 487 g/mol. The topological polar surface area (TPSA) is 46.6 Å². The number of hydrogen-bond donors (Lipinski definition) is 0. The van der Waals surface area contributed by atoms with Gasteiger partial charge in [-0.15, -0.1) is 0 Å². The van der Waals surface area contributed by atoms with Crippen LogP contribution in [0.25, 0.3) is 0 Å². The molecule has 0 saturated carbocycles. The zero-order valence-electron chi connectivity index (χ0n) is 17.5. The predicted molar refractivity (Wildman–Crippen MR) is 130 cm³/mol. The van der Waals surface area contributed by atoms with Gasteiger partial charge in [-0.2, -0.15) is 0 Å². The molecule has 0 bridgehead atoms. The van der Waals surface area contributed by atoms with Gasteiger partial charge in [0.05, 0.1) is 18.9 Å². The number of sulfone groups is 1. The van der Waals surface area contributed by atoms with Gasteiger partial charge in [0, 0.05) is 28.5 Å². The molecule has 0 radical (unpaired) electrons. The van der Waals surface area contributed by atoms with Crippen LogP contribution in [0.4, 0.5) is 0 Å². The Morgan fingerprint density at radius 3 is 1.84 bits per heavy atom. The minimum atomic E-state index is -3.37. The smallest absolute Gasteiger partial charge is 0.175 e. The summed E-state index contributed by atoms with van der Waals surface area (Å²) in [5.74, 6) is 0.674. The molecular formula is C25H23Cl2NO3S. The number of hydrogen-bond acceptors (Lipinski definition) is 4. The maximum atomic E-state index is 12.7. The van der Waals surface area contributed by atoms with Crippen molar-refractivity contribution in [2.45, 2.75) is 11.8 Å². The Morgan fingerprint density at radius 2 is 1.38 bits per heavy atom. The fourth-order valence-corrected chi connectivity index (χ4v) is 5.54. The maximum absolute atomic E-state index is 12.7. The van der Waals surface area contributed by atoms with Gasteiger partial charge < -0.3 is 4.74 Å². The molecule has 0 spiro atoms. The number of ether oxygens (including phenoxy) is 1. The molecule has 32 heavy (non-hydrogen) atoms. The molecule has 0 N–H and O–H groups in total. The number of benzene rings is 3. The summed E-state index contributed by atoms with van der Waals surface area (Å²) in [6.07, 6.45) is 0. The second kappa shape index (κ2) is 9.67. The van der Waals surface area contributed by atoms with Gasteiger partial charge >= 0.3 is 0 Å². The lowest BCUT2D eigenvalue weighted by atomic mass is 9.93. The second-order valence-electron chi connectivity index (χ2n) is 7.84. The summed E-state index contributed by atoms with van der Waals surface area (Å²) in [5, 5.41) is 2.78. The van der Waals surface area contributed by atoms with Gasteiger partial charge in [0.1, 0.15) is 5.75 Å². The van der Waals surface area contributed by atoms with Crippen molar-refractivity contribution in [1.82, 2.24) is 4.90 Å². The molecular weight excluding hydrogens is 465 g/mol. The number of methoxy groups -OCH3 is 1. The van der Waals surface area contributed by atoms with Crippen LogP contribution in [0.1, 0.15) is 22.7 Å². The standard InChI is InChI=1S/C25H23Cl2NO3S/c1-31-24-12-2-18(3-13-24)16-32(29,30)17-19-14-28(15-19)25(20-4-8-22(26)9-5-20)21-6-10-23(27)11-7-21/h2-13,17,25H,14-16H2,1H3. The summed E-state index contributed by atoms with van der Waals surface area (Å²) < 4.78 is 30.5. The Kier molecular flexibility index (Phi) is 6.91. The minimum absolute atomic E-state index is 0.00836. The number of likely N-dealkylation sites (tertiary alicyclic amines) is 1. The van der Waals surface area contributed by atoms with Crippen molar-refractivity contribution >= 4 is 33.0 Å². The Hall–Kier alpha value is -2.31. The lowest BCUT2D eigenvalue weighted by molar-refractivity contribution is 0.202. The van der Waals surface area contributed by atoms with E-state index in [4.69, 9.17) is 27.9 Å². The number of halogens is 2.